The molecule has 2 aromatic heterocycles. The summed E-state index contributed by atoms with van der Waals surface area (Å²) in [5.74, 6) is 1.23. The fraction of sp³-hybridized carbons (Fsp3) is 0.211. The molecule has 0 aliphatic heterocycles. The van der Waals surface area contributed by atoms with E-state index in [9.17, 15) is 18.3 Å². The van der Waals surface area contributed by atoms with Crippen molar-refractivity contribution in [2.75, 3.05) is 20.7 Å². The molecule has 1 N–H and O–H groups in total. The first-order valence-corrected chi connectivity index (χ1v) is 9.79. The van der Waals surface area contributed by atoms with Gasteiger partial charge in [-0.05, 0) is 30.7 Å². The van der Waals surface area contributed by atoms with Crippen molar-refractivity contribution in [3.63, 3.8) is 0 Å². The zero-order chi connectivity index (χ0) is 21.3. The number of aromatic carboxylic acids is 1. The summed E-state index contributed by atoms with van der Waals surface area (Å²) < 4.78 is 33.6. The Kier molecular flexibility index (Phi) is 5.28. The second-order valence-corrected chi connectivity index (χ2v) is 8.31. The van der Waals surface area contributed by atoms with E-state index in [0.717, 1.165) is 8.28 Å². The van der Waals surface area contributed by atoms with Crippen LogP contribution in [0.2, 0.25) is 0 Å². The SMILES string of the molecule is C#CCOc1cccc2c1nc(-c1ncc(C)cc1C(=O)O)n2S(=O)(=O)N(C)C. The molecule has 9 nitrogen and oxygen atoms in total. The number of ether oxygens (including phenoxy) is 1. The van der Waals surface area contributed by atoms with E-state index in [1.165, 1.54) is 26.4 Å². The molecule has 0 bridgehead atoms. The monoisotopic (exact) mass is 414 g/mol. The quantitative estimate of drug-likeness (QED) is 0.611. The molecule has 0 unspecified atom stereocenters. The van der Waals surface area contributed by atoms with Crippen molar-refractivity contribution < 1.29 is 23.1 Å². The number of carbonyl (C=O) groups is 1. The lowest BCUT2D eigenvalue weighted by atomic mass is 10.1. The maximum atomic E-state index is 13.1. The van der Waals surface area contributed by atoms with E-state index >= 15 is 0 Å². The fourth-order valence-corrected chi connectivity index (χ4v) is 3.81. The summed E-state index contributed by atoms with van der Waals surface area (Å²) in [5, 5.41) is 9.62. The Morgan fingerprint density at radius 2 is 2.10 bits per heavy atom. The lowest BCUT2D eigenvalue weighted by molar-refractivity contribution is 0.0697. The van der Waals surface area contributed by atoms with E-state index in [2.05, 4.69) is 15.9 Å². The van der Waals surface area contributed by atoms with Gasteiger partial charge in [-0.15, -0.1) is 6.42 Å². The van der Waals surface area contributed by atoms with E-state index < -0.39 is 16.2 Å². The van der Waals surface area contributed by atoms with Crippen LogP contribution in [0.3, 0.4) is 0 Å². The van der Waals surface area contributed by atoms with E-state index in [1.54, 1.807) is 25.1 Å². The Labute approximate surface area is 167 Å². The average molecular weight is 414 g/mol. The summed E-state index contributed by atoms with van der Waals surface area (Å²) in [5.41, 5.74) is 0.806. The smallest absolute Gasteiger partial charge is 0.338 e. The minimum Gasteiger partial charge on any atom is -0.479 e. The van der Waals surface area contributed by atoms with Crippen LogP contribution in [-0.2, 0) is 10.2 Å². The van der Waals surface area contributed by atoms with E-state index in [4.69, 9.17) is 11.2 Å². The summed E-state index contributed by atoms with van der Waals surface area (Å²) in [6.45, 7) is 1.65. The summed E-state index contributed by atoms with van der Waals surface area (Å²) in [7, 11) is -1.34. The van der Waals surface area contributed by atoms with Gasteiger partial charge in [0.1, 0.15) is 23.6 Å². The molecular weight excluding hydrogens is 396 g/mol. The van der Waals surface area contributed by atoms with Crippen LogP contribution in [0.4, 0.5) is 0 Å². The molecule has 0 atom stereocenters. The molecule has 3 rings (SSSR count). The molecule has 0 saturated heterocycles. The van der Waals surface area contributed by atoms with Crippen LogP contribution in [0.1, 0.15) is 15.9 Å². The lowest BCUT2D eigenvalue weighted by Gasteiger charge is -2.16. The molecule has 1 aromatic carbocycles. The highest BCUT2D eigenvalue weighted by atomic mass is 32.2. The second kappa shape index (κ2) is 7.54. The van der Waals surface area contributed by atoms with Gasteiger partial charge in [0.05, 0.1) is 11.1 Å². The van der Waals surface area contributed by atoms with Gasteiger partial charge in [0.25, 0.3) is 0 Å². The number of carboxylic acids is 1. The van der Waals surface area contributed by atoms with Crippen molar-refractivity contribution >= 4 is 27.2 Å². The highest BCUT2D eigenvalue weighted by molar-refractivity contribution is 7.87. The number of imidazole rings is 1. The van der Waals surface area contributed by atoms with Crippen LogP contribution in [0.15, 0.2) is 30.5 Å². The average Bonchev–Trinajstić information content (AvgIpc) is 3.06. The van der Waals surface area contributed by atoms with Gasteiger partial charge >= 0.3 is 16.2 Å². The Hall–Kier alpha value is -3.42. The molecule has 0 aliphatic carbocycles. The third kappa shape index (κ3) is 3.53. The van der Waals surface area contributed by atoms with E-state index in [1.807, 2.05) is 0 Å². The van der Waals surface area contributed by atoms with Crippen molar-refractivity contribution in [2.45, 2.75) is 6.92 Å². The zero-order valence-corrected chi connectivity index (χ0v) is 16.8. The van der Waals surface area contributed by atoms with E-state index in [0.29, 0.717) is 5.56 Å². The number of benzene rings is 1. The highest BCUT2D eigenvalue weighted by Gasteiger charge is 2.29. The third-order valence-corrected chi connectivity index (χ3v) is 5.83. The number of para-hydroxylation sites is 1. The molecule has 150 valence electrons. The topological polar surface area (TPSA) is 115 Å². The molecule has 0 amide bonds. The van der Waals surface area contributed by atoms with Crippen molar-refractivity contribution in [2.24, 2.45) is 0 Å². The Morgan fingerprint density at radius 1 is 1.38 bits per heavy atom. The molecule has 2 heterocycles. The van der Waals surface area contributed by atoms with Crippen molar-refractivity contribution in [3.05, 3.63) is 41.6 Å². The van der Waals surface area contributed by atoms with Crippen LogP contribution in [0.5, 0.6) is 5.75 Å². The summed E-state index contributed by atoms with van der Waals surface area (Å²) >= 11 is 0. The van der Waals surface area contributed by atoms with Gasteiger partial charge < -0.3 is 9.84 Å². The predicted octanol–water partition coefficient (Wildman–Crippen LogP) is 1.77. The molecule has 0 saturated carbocycles. The molecule has 10 heteroatoms. The highest BCUT2D eigenvalue weighted by Crippen LogP contribution is 2.33. The van der Waals surface area contributed by atoms with Crippen LogP contribution < -0.4 is 4.74 Å². The fourth-order valence-electron chi connectivity index (χ4n) is 2.74. The number of aromatic nitrogens is 3. The number of aryl methyl sites for hydroxylation is 1. The van der Waals surface area contributed by atoms with Gasteiger partial charge in [-0.1, -0.05) is 12.0 Å². The first kappa shape index (κ1) is 20.3. The van der Waals surface area contributed by atoms with Crippen LogP contribution in [-0.4, -0.2) is 58.4 Å². The Morgan fingerprint density at radius 3 is 2.72 bits per heavy atom. The van der Waals surface area contributed by atoms with Gasteiger partial charge in [0.2, 0.25) is 0 Å². The Bertz CT molecular complexity index is 1260. The minimum absolute atomic E-state index is 0.0368. The third-order valence-electron chi connectivity index (χ3n) is 4.08. The standard InChI is InChI=1S/C19H18N4O5S/c1-5-9-28-15-8-6-7-14-17(15)21-18(23(14)29(26,27)22(3)4)16-13(19(24)25)10-12(2)11-20-16/h1,6-8,10-11H,9H2,2-4H3,(H,24,25). The number of carboxylic acid groups (broad SMARTS) is 1. The number of hydrogen-bond donors (Lipinski definition) is 1. The van der Waals surface area contributed by atoms with Crippen LogP contribution in [0, 0.1) is 19.3 Å². The first-order valence-electron chi connectivity index (χ1n) is 8.39. The molecule has 0 spiro atoms. The first-order chi connectivity index (χ1) is 13.7. The molecule has 0 fully saturated rings. The summed E-state index contributed by atoms with van der Waals surface area (Å²) in [4.78, 5) is 20.3. The number of terminal acetylenes is 1. The maximum absolute atomic E-state index is 13.1. The Balaban J connectivity index is 2.45. The largest absolute Gasteiger partial charge is 0.479 e. The number of pyridine rings is 1. The molecule has 0 radical (unpaired) electrons. The minimum atomic E-state index is -4.07. The molecular formula is C19H18N4O5S. The van der Waals surface area contributed by atoms with Gasteiger partial charge in [0, 0.05) is 20.3 Å². The summed E-state index contributed by atoms with van der Waals surface area (Å²) in [6, 6.07) is 6.16. The van der Waals surface area contributed by atoms with Crippen molar-refractivity contribution in [1.82, 2.24) is 18.2 Å². The normalized spacial score (nSPS) is 11.6. The number of fused-ring (bicyclic) bond motifs is 1. The van der Waals surface area contributed by atoms with Crippen LogP contribution in [0.25, 0.3) is 22.6 Å². The summed E-state index contributed by atoms with van der Waals surface area (Å²) in [6.07, 6.45) is 6.69. The van der Waals surface area contributed by atoms with Gasteiger partial charge in [-0.25, -0.2) is 13.8 Å². The van der Waals surface area contributed by atoms with Gasteiger partial charge in [-0.2, -0.15) is 12.7 Å². The zero-order valence-electron chi connectivity index (χ0n) is 15.9. The number of rotatable bonds is 6. The van der Waals surface area contributed by atoms with E-state index in [-0.39, 0.29) is 40.5 Å². The number of hydrogen-bond acceptors (Lipinski definition) is 6. The second-order valence-electron chi connectivity index (χ2n) is 6.32. The van der Waals surface area contributed by atoms with Gasteiger partial charge in [-0.3, -0.25) is 4.98 Å². The van der Waals surface area contributed by atoms with Gasteiger partial charge in [0.15, 0.2) is 5.82 Å². The number of nitrogens with zero attached hydrogens (tertiary/aromatic N) is 4. The maximum Gasteiger partial charge on any atom is 0.338 e. The van der Waals surface area contributed by atoms with Crippen LogP contribution >= 0.6 is 0 Å². The molecule has 3 aromatic rings. The molecule has 0 aliphatic rings. The van der Waals surface area contributed by atoms with Crippen molar-refractivity contribution in [3.8, 4) is 29.6 Å². The predicted molar refractivity (Wildman–Crippen MR) is 107 cm³/mol. The molecule has 29 heavy (non-hydrogen) atoms. The lowest BCUT2D eigenvalue weighted by Crippen LogP contribution is -2.29. The van der Waals surface area contributed by atoms with Crippen molar-refractivity contribution in [1.29, 1.82) is 0 Å².